The van der Waals surface area contributed by atoms with E-state index in [1.54, 1.807) is 12.1 Å². The standard InChI is InChI=1S/C10H8INO3/c11-7-3-1-2-4-8(7)12-9(13)5-6-10(14)15/h1-6H,(H,12,13)(H,14,15)/b6-5-. The van der Waals surface area contributed by atoms with E-state index in [-0.39, 0.29) is 0 Å². The molecular weight excluding hydrogens is 309 g/mol. The van der Waals surface area contributed by atoms with Crippen LogP contribution in [0.4, 0.5) is 5.69 Å². The van der Waals surface area contributed by atoms with E-state index >= 15 is 0 Å². The van der Waals surface area contributed by atoms with Crippen molar-refractivity contribution in [3.63, 3.8) is 0 Å². The van der Waals surface area contributed by atoms with E-state index in [9.17, 15) is 9.59 Å². The Morgan fingerprint density at radius 3 is 2.53 bits per heavy atom. The summed E-state index contributed by atoms with van der Waals surface area (Å²) in [5, 5.41) is 10.9. The lowest BCUT2D eigenvalue weighted by molar-refractivity contribution is -0.131. The molecule has 15 heavy (non-hydrogen) atoms. The number of carbonyl (C=O) groups excluding carboxylic acids is 1. The fourth-order valence-corrected chi connectivity index (χ4v) is 1.41. The highest BCUT2D eigenvalue weighted by atomic mass is 127. The number of carbonyl (C=O) groups is 2. The van der Waals surface area contributed by atoms with Crippen molar-refractivity contribution in [2.75, 3.05) is 5.32 Å². The summed E-state index contributed by atoms with van der Waals surface area (Å²) in [6.07, 6.45) is 1.77. The fourth-order valence-electron chi connectivity index (χ4n) is 0.884. The van der Waals surface area contributed by atoms with Gasteiger partial charge in [-0.15, -0.1) is 0 Å². The first kappa shape index (κ1) is 11.7. The number of rotatable bonds is 3. The molecule has 4 nitrogen and oxygen atoms in total. The molecule has 0 heterocycles. The van der Waals surface area contributed by atoms with Crippen molar-refractivity contribution < 1.29 is 14.7 Å². The highest BCUT2D eigenvalue weighted by Gasteiger charge is 2.01. The summed E-state index contributed by atoms with van der Waals surface area (Å²) in [5.41, 5.74) is 0.665. The van der Waals surface area contributed by atoms with E-state index in [1.165, 1.54) is 0 Å². The number of para-hydroxylation sites is 1. The smallest absolute Gasteiger partial charge is 0.328 e. The molecule has 5 heteroatoms. The topological polar surface area (TPSA) is 66.4 Å². The number of amides is 1. The van der Waals surface area contributed by atoms with Gasteiger partial charge in [0.1, 0.15) is 0 Å². The fraction of sp³-hybridized carbons (Fsp3) is 0. The van der Waals surface area contributed by atoms with Crippen LogP contribution in [-0.4, -0.2) is 17.0 Å². The minimum Gasteiger partial charge on any atom is -0.478 e. The number of halogens is 1. The number of carboxylic acids is 1. The molecular formula is C10H8INO3. The first-order valence-electron chi connectivity index (χ1n) is 4.06. The lowest BCUT2D eigenvalue weighted by Gasteiger charge is -2.03. The minimum atomic E-state index is -1.15. The van der Waals surface area contributed by atoms with Gasteiger partial charge in [0.15, 0.2) is 0 Å². The maximum absolute atomic E-state index is 11.2. The molecule has 1 aromatic rings. The molecule has 0 aliphatic rings. The van der Waals surface area contributed by atoms with Gasteiger partial charge in [0.25, 0.3) is 0 Å². The van der Waals surface area contributed by atoms with E-state index in [4.69, 9.17) is 5.11 Å². The van der Waals surface area contributed by atoms with Crippen molar-refractivity contribution in [2.24, 2.45) is 0 Å². The Balaban J connectivity index is 2.67. The molecule has 1 amide bonds. The molecule has 0 bridgehead atoms. The minimum absolute atomic E-state index is 0.457. The average molecular weight is 317 g/mol. The van der Waals surface area contributed by atoms with Crippen LogP contribution in [0.15, 0.2) is 36.4 Å². The Morgan fingerprint density at radius 1 is 1.27 bits per heavy atom. The van der Waals surface area contributed by atoms with E-state index < -0.39 is 11.9 Å². The summed E-state index contributed by atoms with van der Waals surface area (Å²) in [4.78, 5) is 21.4. The zero-order valence-electron chi connectivity index (χ0n) is 7.61. The van der Waals surface area contributed by atoms with Gasteiger partial charge in [-0.2, -0.15) is 0 Å². The van der Waals surface area contributed by atoms with E-state index in [1.807, 2.05) is 12.1 Å². The van der Waals surface area contributed by atoms with Crippen molar-refractivity contribution in [3.8, 4) is 0 Å². The first-order valence-corrected chi connectivity index (χ1v) is 5.14. The Morgan fingerprint density at radius 2 is 1.93 bits per heavy atom. The van der Waals surface area contributed by atoms with Crippen LogP contribution in [-0.2, 0) is 9.59 Å². The number of hydrogen-bond donors (Lipinski definition) is 2. The SMILES string of the molecule is O=C(O)/C=C\C(=O)Nc1ccccc1I. The molecule has 0 atom stereocenters. The van der Waals surface area contributed by atoms with Gasteiger partial charge < -0.3 is 10.4 Å². The monoisotopic (exact) mass is 317 g/mol. The first-order chi connectivity index (χ1) is 7.09. The van der Waals surface area contributed by atoms with Crippen molar-refractivity contribution in [2.45, 2.75) is 0 Å². The van der Waals surface area contributed by atoms with Crippen LogP contribution < -0.4 is 5.32 Å². The second-order valence-corrected chi connectivity index (χ2v) is 3.80. The van der Waals surface area contributed by atoms with E-state index in [0.717, 1.165) is 15.7 Å². The number of nitrogens with one attached hydrogen (secondary N) is 1. The van der Waals surface area contributed by atoms with Crippen molar-refractivity contribution in [3.05, 3.63) is 40.0 Å². The second-order valence-electron chi connectivity index (χ2n) is 2.64. The highest BCUT2D eigenvalue weighted by Crippen LogP contribution is 2.16. The van der Waals surface area contributed by atoms with Crippen LogP contribution in [0.2, 0.25) is 0 Å². The summed E-state index contributed by atoms with van der Waals surface area (Å²) in [7, 11) is 0. The average Bonchev–Trinajstić information content (AvgIpc) is 2.18. The zero-order valence-corrected chi connectivity index (χ0v) is 9.76. The maximum atomic E-state index is 11.2. The van der Waals surface area contributed by atoms with E-state index in [0.29, 0.717) is 5.69 Å². The molecule has 78 valence electrons. The molecule has 1 rings (SSSR count). The van der Waals surface area contributed by atoms with Gasteiger partial charge in [0.05, 0.1) is 5.69 Å². The third-order valence-corrected chi connectivity index (χ3v) is 2.45. The Kier molecular flexibility index (Phi) is 4.29. The van der Waals surface area contributed by atoms with Crippen LogP contribution in [0.5, 0.6) is 0 Å². The van der Waals surface area contributed by atoms with Crippen LogP contribution in [0.3, 0.4) is 0 Å². The normalized spacial score (nSPS) is 10.2. The quantitative estimate of drug-likeness (QED) is 0.661. The van der Waals surface area contributed by atoms with Gasteiger partial charge in [-0.3, -0.25) is 4.79 Å². The summed E-state index contributed by atoms with van der Waals surface area (Å²) in [6.45, 7) is 0. The Labute approximate surface area is 100 Å². The molecule has 2 N–H and O–H groups in total. The van der Waals surface area contributed by atoms with Gasteiger partial charge in [0, 0.05) is 15.7 Å². The van der Waals surface area contributed by atoms with Crippen LogP contribution in [0, 0.1) is 3.57 Å². The molecule has 0 unspecified atom stereocenters. The van der Waals surface area contributed by atoms with Crippen molar-refractivity contribution >= 4 is 40.2 Å². The molecule has 0 aliphatic heterocycles. The highest BCUT2D eigenvalue weighted by molar-refractivity contribution is 14.1. The lowest BCUT2D eigenvalue weighted by atomic mass is 10.3. The van der Waals surface area contributed by atoms with Crippen molar-refractivity contribution in [1.82, 2.24) is 0 Å². The predicted octanol–water partition coefficient (Wildman–Crippen LogP) is 1.87. The summed E-state index contributed by atoms with van der Waals surface area (Å²) >= 11 is 2.08. The molecule has 0 aromatic heterocycles. The lowest BCUT2D eigenvalue weighted by Crippen LogP contribution is -2.09. The largest absolute Gasteiger partial charge is 0.478 e. The Bertz CT molecular complexity index is 415. The predicted molar refractivity (Wildman–Crippen MR) is 64.6 cm³/mol. The van der Waals surface area contributed by atoms with Gasteiger partial charge in [-0.25, -0.2) is 4.79 Å². The van der Waals surface area contributed by atoms with Crippen LogP contribution in [0.25, 0.3) is 0 Å². The summed E-state index contributed by atoms with van der Waals surface area (Å²) in [6, 6.07) is 7.23. The number of hydrogen-bond acceptors (Lipinski definition) is 2. The molecule has 0 saturated heterocycles. The maximum Gasteiger partial charge on any atom is 0.328 e. The van der Waals surface area contributed by atoms with Gasteiger partial charge in [-0.05, 0) is 34.7 Å². The molecule has 0 aliphatic carbocycles. The van der Waals surface area contributed by atoms with Crippen LogP contribution >= 0.6 is 22.6 Å². The molecule has 1 aromatic carbocycles. The Hall–Kier alpha value is -1.37. The zero-order chi connectivity index (χ0) is 11.3. The summed E-state index contributed by atoms with van der Waals surface area (Å²) < 4.78 is 0.896. The van der Waals surface area contributed by atoms with Crippen LogP contribution in [0.1, 0.15) is 0 Å². The van der Waals surface area contributed by atoms with Gasteiger partial charge >= 0.3 is 5.97 Å². The third-order valence-electron chi connectivity index (χ3n) is 1.51. The number of anilines is 1. The number of carboxylic acid groups (broad SMARTS) is 1. The van der Waals surface area contributed by atoms with Gasteiger partial charge in [-0.1, -0.05) is 12.1 Å². The number of aliphatic carboxylic acids is 1. The molecule has 0 saturated carbocycles. The summed E-state index contributed by atoms with van der Waals surface area (Å²) in [5.74, 6) is -1.60. The molecule has 0 radical (unpaired) electrons. The van der Waals surface area contributed by atoms with E-state index in [2.05, 4.69) is 27.9 Å². The van der Waals surface area contributed by atoms with Crippen molar-refractivity contribution in [1.29, 1.82) is 0 Å². The molecule has 0 spiro atoms. The third kappa shape index (κ3) is 4.11. The number of benzene rings is 1. The second kappa shape index (κ2) is 5.50. The van der Waals surface area contributed by atoms with Gasteiger partial charge in [0.2, 0.25) is 5.91 Å². The molecule has 0 fully saturated rings.